The van der Waals surface area contributed by atoms with Gasteiger partial charge in [0, 0.05) is 19.3 Å². The zero-order valence-electron chi connectivity index (χ0n) is 45.3. The average Bonchev–Trinajstić information content (AvgIpc) is 3.35. The smallest absolute Gasteiger partial charge is 0.306 e. The van der Waals surface area contributed by atoms with Crippen molar-refractivity contribution in [2.45, 2.75) is 284 Å². The molecule has 0 aliphatic rings. The first kappa shape index (κ1) is 65.6. The van der Waals surface area contributed by atoms with Crippen molar-refractivity contribution in [1.82, 2.24) is 0 Å². The fourth-order valence-electron chi connectivity index (χ4n) is 8.02. The number of allylic oxidation sites excluding steroid dienone is 14. The number of esters is 3. The first-order valence-electron chi connectivity index (χ1n) is 29.1. The molecule has 0 rings (SSSR count). The van der Waals surface area contributed by atoms with Crippen LogP contribution in [0.3, 0.4) is 0 Å². The molecule has 0 radical (unpaired) electrons. The van der Waals surface area contributed by atoms with Crippen molar-refractivity contribution >= 4 is 17.9 Å². The topological polar surface area (TPSA) is 78.9 Å². The van der Waals surface area contributed by atoms with Gasteiger partial charge in [-0.2, -0.15) is 0 Å². The van der Waals surface area contributed by atoms with E-state index < -0.39 is 6.10 Å². The van der Waals surface area contributed by atoms with Gasteiger partial charge in [0.25, 0.3) is 0 Å². The van der Waals surface area contributed by atoms with Crippen LogP contribution in [0.4, 0.5) is 0 Å². The van der Waals surface area contributed by atoms with Crippen LogP contribution in [0.1, 0.15) is 278 Å². The van der Waals surface area contributed by atoms with E-state index >= 15 is 0 Å². The highest BCUT2D eigenvalue weighted by atomic mass is 16.6. The molecule has 0 heterocycles. The Balaban J connectivity index is 4.44. The molecule has 6 nitrogen and oxygen atoms in total. The Morgan fingerprint density at radius 3 is 0.942 bits per heavy atom. The molecule has 396 valence electrons. The Kier molecular flexibility index (Phi) is 54.3. The molecule has 0 bridgehead atoms. The number of carbonyl (C=O) groups is 3. The summed E-state index contributed by atoms with van der Waals surface area (Å²) in [4.78, 5) is 38.2. The second-order valence-electron chi connectivity index (χ2n) is 19.2. The predicted molar refractivity (Wildman–Crippen MR) is 297 cm³/mol. The lowest BCUT2D eigenvalue weighted by atomic mass is 10.0. The van der Waals surface area contributed by atoms with Gasteiger partial charge in [-0.3, -0.25) is 14.4 Å². The van der Waals surface area contributed by atoms with E-state index in [4.69, 9.17) is 14.2 Å². The number of carbonyl (C=O) groups excluding carboxylic acids is 3. The summed E-state index contributed by atoms with van der Waals surface area (Å²) in [5.41, 5.74) is 0. The molecule has 0 unspecified atom stereocenters. The Labute approximate surface area is 426 Å². The third kappa shape index (κ3) is 55.4. The Morgan fingerprint density at radius 1 is 0.304 bits per heavy atom. The van der Waals surface area contributed by atoms with Crippen LogP contribution >= 0.6 is 0 Å². The zero-order valence-corrected chi connectivity index (χ0v) is 45.3. The van der Waals surface area contributed by atoms with Crippen LogP contribution in [0, 0.1) is 0 Å². The maximum Gasteiger partial charge on any atom is 0.306 e. The molecule has 0 N–H and O–H groups in total. The summed E-state index contributed by atoms with van der Waals surface area (Å²) >= 11 is 0. The Hall–Kier alpha value is -3.41. The monoisotopic (exact) mass is 961 g/mol. The molecule has 0 aliphatic carbocycles. The second kappa shape index (κ2) is 57.2. The highest BCUT2D eigenvalue weighted by Gasteiger charge is 2.19. The van der Waals surface area contributed by atoms with Gasteiger partial charge >= 0.3 is 17.9 Å². The van der Waals surface area contributed by atoms with Gasteiger partial charge in [0.15, 0.2) is 6.10 Å². The van der Waals surface area contributed by atoms with E-state index in [1.54, 1.807) is 0 Å². The molecule has 0 aliphatic heterocycles. The van der Waals surface area contributed by atoms with Gasteiger partial charge in [0.2, 0.25) is 0 Å². The highest BCUT2D eigenvalue weighted by molar-refractivity contribution is 5.71. The summed E-state index contributed by atoms with van der Waals surface area (Å²) in [7, 11) is 0. The van der Waals surface area contributed by atoms with Crippen molar-refractivity contribution in [3.8, 4) is 0 Å². The van der Waals surface area contributed by atoms with Crippen molar-refractivity contribution in [3.63, 3.8) is 0 Å². The first-order valence-corrected chi connectivity index (χ1v) is 29.1. The molecule has 0 fully saturated rings. The molecule has 0 spiro atoms. The summed E-state index contributed by atoms with van der Waals surface area (Å²) in [6.07, 6.45) is 74.3. The molecular weight excluding hydrogens is 853 g/mol. The normalized spacial score (nSPS) is 12.7. The molecule has 1 atom stereocenters. The van der Waals surface area contributed by atoms with Crippen molar-refractivity contribution in [1.29, 1.82) is 0 Å². The lowest BCUT2D eigenvalue weighted by molar-refractivity contribution is -0.167. The first-order chi connectivity index (χ1) is 34.0. The standard InChI is InChI=1S/C63H108O6/c1-4-7-10-13-16-19-22-25-28-30-32-34-35-38-41-44-47-50-53-56-62(65)68-59-60(58-67-61(64)55-52-49-46-43-40-37-27-24-21-18-15-12-9-6-3)69-63(66)57-54-51-48-45-42-39-36-33-31-29-26-23-20-17-14-11-8-5-2/h7,10,15-16,18-19,24-25,27-28,32,34,38,41,60H,4-6,8-9,11-14,17,20-23,26,29-31,33,35-37,39-40,42-59H2,1-3H3/b10-7-,18-15-,19-16-,27-24-,28-25-,34-32-,41-38-/t60-/m1/s1. The van der Waals surface area contributed by atoms with Crippen molar-refractivity contribution in [2.75, 3.05) is 13.2 Å². The Bertz CT molecular complexity index is 1330. The molecule has 69 heavy (non-hydrogen) atoms. The summed E-state index contributed by atoms with van der Waals surface area (Å²) in [6.45, 7) is 6.47. The molecule has 0 aromatic carbocycles. The Morgan fingerprint density at radius 2 is 0.580 bits per heavy atom. The van der Waals surface area contributed by atoms with Crippen LogP contribution in [0.5, 0.6) is 0 Å². The van der Waals surface area contributed by atoms with E-state index in [-0.39, 0.29) is 31.1 Å². The van der Waals surface area contributed by atoms with Crippen molar-refractivity contribution in [3.05, 3.63) is 85.1 Å². The van der Waals surface area contributed by atoms with Crippen molar-refractivity contribution < 1.29 is 28.6 Å². The molecule has 0 aromatic rings. The van der Waals surface area contributed by atoms with Crippen LogP contribution in [-0.4, -0.2) is 37.2 Å². The van der Waals surface area contributed by atoms with Gasteiger partial charge in [0.1, 0.15) is 13.2 Å². The van der Waals surface area contributed by atoms with Crippen LogP contribution < -0.4 is 0 Å². The summed E-state index contributed by atoms with van der Waals surface area (Å²) < 4.78 is 16.8. The quantitative estimate of drug-likeness (QED) is 0.0262. The summed E-state index contributed by atoms with van der Waals surface area (Å²) in [5, 5.41) is 0. The van der Waals surface area contributed by atoms with Gasteiger partial charge < -0.3 is 14.2 Å². The third-order valence-corrected chi connectivity index (χ3v) is 12.4. The van der Waals surface area contributed by atoms with Crippen molar-refractivity contribution in [2.24, 2.45) is 0 Å². The lowest BCUT2D eigenvalue weighted by Crippen LogP contribution is -2.30. The molecule has 0 saturated carbocycles. The molecule has 0 amide bonds. The van der Waals surface area contributed by atoms with Crippen LogP contribution in [0.15, 0.2) is 85.1 Å². The lowest BCUT2D eigenvalue weighted by Gasteiger charge is -2.18. The van der Waals surface area contributed by atoms with Gasteiger partial charge in [-0.25, -0.2) is 0 Å². The summed E-state index contributed by atoms with van der Waals surface area (Å²) in [5.74, 6) is -0.930. The number of unbranched alkanes of at least 4 members (excludes halogenated alkanes) is 27. The highest BCUT2D eigenvalue weighted by Crippen LogP contribution is 2.16. The average molecular weight is 962 g/mol. The van der Waals surface area contributed by atoms with E-state index in [0.29, 0.717) is 19.3 Å². The minimum absolute atomic E-state index is 0.0929. The fourth-order valence-corrected chi connectivity index (χ4v) is 8.02. The SMILES string of the molecule is CC/C=C\C/C=C\C/C=C\C/C=C\C/C=C\CCCCCC(=O)OC[C@@H](COC(=O)CCCCCCC/C=C\C/C=C\CCCC)OC(=O)CCCCCCCCCCCCCCCCCCCC. The number of hydrogen-bond donors (Lipinski definition) is 0. The van der Waals surface area contributed by atoms with Gasteiger partial charge in [0.05, 0.1) is 0 Å². The fraction of sp³-hybridized carbons (Fsp3) is 0.730. The second-order valence-corrected chi connectivity index (χ2v) is 19.2. The van der Waals surface area contributed by atoms with Crippen LogP contribution in [-0.2, 0) is 28.6 Å². The van der Waals surface area contributed by atoms with E-state index in [9.17, 15) is 14.4 Å². The zero-order chi connectivity index (χ0) is 50.0. The molecule has 6 heteroatoms. The predicted octanol–water partition coefficient (Wildman–Crippen LogP) is 19.5. The number of rotatable bonds is 52. The molecule has 0 aromatic heterocycles. The largest absolute Gasteiger partial charge is 0.462 e. The third-order valence-electron chi connectivity index (χ3n) is 12.4. The maximum atomic E-state index is 12.9. The minimum Gasteiger partial charge on any atom is -0.462 e. The van der Waals surface area contributed by atoms with Crippen LogP contribution in [0.25, 0.3) is 0 Å². The number of hydrogen-bond acceptors (Lipinski definition) is 6. The number of ether oxygens (including phenoxy) is 3. The maximum absolute atomic E-state index is 12.9. The van der Waals surface area contributed by atoms with Gasteiger partial charge in [-0.15, -0.1) is 0 Å². The minimum atomic E-state index is -0.795. The molecular formula is C63H108O6. The van der Waals surface area contributed by atoms with E-state index in [1.165, 1.54) is 116 Å². The van der Waals surface area contributed by atoms with E-state index in [0.717, 1.165) is 122 Å². The van der Waals surface area contributed by atoms with Crippen LogP contribution in [0.2, 0.25) is 0 Å². The summed E-state index contributed by atoms with van der Waals surface area (Å²) in [6, 6.07) is 0. The van der Waals surface area contributed by atoms with E-state index in [1.807, 2.05) is 0 Å². The molecule has 0 saturated heterocycles. The van der Waals surface area contributed by atoms with Gasteiger partial charge in [-0.05, 0) is 89.9 Å². The van der Waals surface area contributed by atoms with E-state index in [2.05, 4.69) is 106 Å². The van der Waals surface area contributed by atoms with Gasteiger partial charge in [-0.1, -0.05) is 254 Å².